The van der Waals surface area contributed by atoms with Gasteiger partial charge >= 0.3 is 0 Å². The van der Waals surface area contributed by atoms with Crippen molar-refractivity contribution in [2.45, 2.75) is 39.7 Å². The molecule has 0 amide bonds. The Labute approximate surface area is 129 Å². The lowest BCUT2D eigenvalue weighted by molar-refractivity contribution is 0.276. The minimum atomic E-state index is 0.418. The summed E-state index contributed by atoms with van der Waals surface area (Å²) >= 11 is 5.98. The van der Waals surface area contributed by atoms with Crippen LogP contribution in [0.5, 0.6) is 0 Å². The third kappa shape index (κ3) is 6.74. The molecule has 1 unspecified atom stereocenters. The molecule has 0 aliphatic heterocycles. The summed E-state index contributed by atoms with van der Waals surface area (Å²) in [7, 11) is 2.21. The van der Waals surface area contributed by atoms with Crippen molar-refractivity contribution in [2.24, 2.45) is 5.92 Å². The maximum atomic E-state index is 5.98. The molecule has 0 saturated heterocycles. The highest BCUT2D eigenvalue weighted by Gasteiger charge is 2.12. The van der Waals surface area contributed by atoms with Crippen LogP contribution >= 0.6 is 11.6 Å². The van der Waals surface area contributed by atoms with Crippen LogP contribution in [0.15, 0.2) is 24.3 Å². The van der Waals surface area contributed by atoms with Gasteiger partial charge in [-0.15, -0.1) is 0 Å². The Hall–Kier alpha value is -0.570. The topological polar surface area (TPSA) is 15.3 Å². The number of halogens is 1. The van der Waals surface area contributed by atoms with Crippen LogP contribution in [0.25, 0.3) is 0 Å². The number of nitrogens with one attached hydrogen (secondary N) is 1. The third-order valence-corrected chi connectivity index (χ3v) is 3.64. The van der Waals surface area contributed by atoms with Crippen molar-refractivity contribution in [3.8, 4) is 0 Å². The lowest BCUT2D eigenvalue weighted by Crippen LogP contribution is -2.29. The Balaban J connectivity index is 2.57. The summed E-state index contributed by atoms with van der Waals surface area (Å²) in [5.74, 6) is 0.720. The summed E-state index contributed by atoms with van der Waals surface area (Å²) in [5.41, 5.74) is 1.33. The first-order valence-electron chi connectivity index (χ1n) is 7.70. The minimum Gasteiger partial charge on any atom is -0.310 e. The molecule has 0 saturated carbocycles. The fourth-order valence-electron chi connectivity index (χ4n) is 2.46. The highest BCUT2D eigenvalue weighted by molar-refractivity contribution is 6.30. The van der Waals surface area contributed by atoms with Gasteiger partial charge in [-0.3, -0.25) is 0 Å². The Morgan fingerprint density at radius 1 is 1.20 bits per heavy atom. The van der Waals surface area contributed by atoms with Crippen LogP contribution in [0, 0.1) is 5.92 Å². The van der Waals surface area contributed by atoms with Gasteiger partial charge in [0, 0.05) is 17.6 Å². The maximum Gasteiger partial charge on any atom is 0.0406 e. The van der Waals surface area contributed by atoms with Crippen LogP contribution in [0.1, 0.15) is 45.2 Å². The smallest absolute Gasteiger partial charge is 0.0406 e. The molecule has 20 heavy (non-hydrogen) atoms. The first kappa shape index (κ1) is 17.5. The normalized spacial score (nSPS) is 13.2. The summed E-state index contributed by atoms with van der Waals surface area (Å²) in [5, 5.41) is 4.45. The van der Waals surface area contributed by atoms with Gasteiger partial charge in [0.2, 0.25) is 0 Å². The molecule has 3 heteroatoms. The van der Waals surface area contributed by atoms with Gasteiger partial charge in [0.1, 0.15) is 0 Å². The van der Waals surface area contributed by atoms with Crippen LogP contribution in [0.3, 0.4) is 0 Å². The highest BCUT2D eigenvalue weighted by atomic mass is 35.5. The predicted molar refractivity (Wildman–Crippen MR) is 89.4 cm³/mol. The molecular formula is C17H29ClN2. The summed E-state index contributed by atoms with van der Waals surface area (Å²) in [4.78, 5) is 2.42. The molecule has 0 aliphatic carbocycles. The van der Waals surface area contributed by atoms with Crippen molar-refractivity contribution in [1.82, 2.24) is 10.2 Å². The lowest BCUT2D eigenvalue weighted by Gasteiger charge is -2.24. The average Bonchev–Trinajstić information content (AvgIpc) is 2.39. The molecule has 2 nitrogen and oxygen atoms in total. The average molecular weight is 297 g/mol. The van der Waals surface area contributed by atoms with Crippen molar-refractivity contribution in [3.63, 3.8) is 0 Å². The molecule has 0 bridgehead atoms. The van der Waals surface area contributed by atoms with Crippen molar-refractivity contribution in [1.29, 1.82) is 0 Å². The van der Waals surface area contributed by atoms with E-state index in [1.807, 2.05) is 12.1 Å². The zero-order valence-electron chi connectivity index (χ0n) is 13.3. The second-order valence-corrected chi connectivity index (χ2v) is 6.44. The predicted octanol–water partition coefficient (Wildman–Crippen LogP) is 4.36. The van der Waals surface area contributed by atoms with Crippen molar-refractivity contribution in [3.05, 3.63) is 34.9 Å². The quantitative estimate of drug-likeness (QED) is 0.728. The lowest BCUT2D eigenvalue weighted by atomic mass is 10.0. The van der Waals surface area contributed by atoms with Gasteiger partial charge in [-0.25, -0.2) is 0 Å². The molecule has 114 valence electrons. The van der Waals surface area contributed by atoms with Gasteiger partial charge < -0.3 is 10.2 Å². The van der Waals surface area contributed by atoms with Crippen LogP contribution in [-0.4, -0.2) is 31.6 Å². The van der Waals surface area contributed by atoms with Crippen LogP contribution in [0.2, 0.25) is 5.02 Å². The number of nitrogens with zero attached hydrogens (tertiary/aromatic N) is 1. The van der Waals surface area contributed by atoms with E-state index in [0.29, 0.717) is 6.04 Å². The van der Waals surface area contributed by atoms with Crippen molar-refractivity contribution in [2.75, 3.05) is 26.7 Å². The van der Waals surface area contributed by atoms with E-state index in [2.05, 4.69) is 50.2 Å². The van der Waals surface area contributed by atoms with E-state index in [9.17, 15) is 0 Å². The van der Waals surface area contributed by atoms with Gasteiger partial charge in [-0.1, -0.05) is 44.5 Å². The molecule has 1 rings (SSSR count). The Bertz CT molecular complexity index is 362. The molecule has 1 aromatic carbocycles. The summed E-state index contributed by atoms with van der Waals surface area (Å²) in [6.45, 7) is 10.1. The second-order valence-electron chi connectivity index (χ2n) is 6.00. The number of rotatable bonds is 9. The van der Waals surface area contributed by atoms with E-state index >= 15 is 0 Å². The first-order chi connectivity index (χ1) is 9.52. The van der Waals surface area contributed by atoms with Crippen molar-refractivity contribution >= 4 is 11.6 Å². The van der Waals surface area contributed by atoms with Crippen LogP contribution in [0.4, 0.5) is 0 Å². The highest BCUT2D eigenvalue weighted by Crippen LogP contribution is 2.20. The Kier molecular flexibility index (Phi) is 8.20. The molecule has 0 radical (unpaired) electrons. The fraction of sp³-hybridized carbons (Fsp3) is 0.647. The molecule has 1 aromatic rings. The molecule has 1 atom stereocenters. The van der Waals surface area contributed by atoms with Crippen LogP contribution in [-0.2, 0) is 0 Å². The fourth-order valence-corrected chi connectivity index (χ4v) is 2.59. The second kappa shape index (κ2) is 9.38. The summed E-state index contributed by atoms with van der Waals surface area (Å²) in [6.07, 6.45) is 2.29. The molecule has 1 N–H and O–H groups in total. The van der Waals surface area contributed by atoms with Crippen molar-refractivity contribution < 1.29 is 0 Å². The summed E-state index contributed by atoms with van der Waals surface area (Å²) < 4.78 is 0. The van der Waals surface area contributed by atoms with E-state index in [1.54, 1.807) is 0 Å². The van der Waals surface area contributed by atoms with E-state index in [-0.39, 0.29) is 0 Å². The van der Waals surface area contributed by atoms with Gasteiger partial charge in [-0.2, -0.15) is 0 Å². The Morgan fingerprint density at radius 3 is 2.40 bits per heavy atom. The summed E-state index contributed by atoms with van der Waals surface area (Å²) in [6, 6.07) is 8.66. The largest absolute Gasteiger partial charge is 0.310 e. The number of hydrogen-bond donors (Lipinski definition) is 1. The van der Waals surface area contributed by atoms with Gasteiger partial charge in [0.25, 0.3) is 0 Å². The monoisotopic (exact) mass is 296 g/mol. The standard InChI is InChI=1S/C17H29ClN2/c1-5-11-19-17(10-12-20(4)13-14(2)3)15-6-8-16(18)9-7-15/h6-9,14,17,19H,5,10-13H2,1-4H3. The Morgan fingerprint density at radius 2 is 1.85 bits per heavy atom. The SMILES string of the molecule is CCCNC(CCN(C)CC(C)C)c1ccc(Cl)cc1. The molecule has 0 fully saturated rings. The van der Waals surface area contributed by atoms with Gasteiger partial charge in [0.15, 0.2) is 0 Å². The number of benzene rings is 1. The van der Waals surface area contributed by atoms with E-state index in [1.165, 1.54) is 5.56 Å². The molecular weight excluding hydrogens is 268 g/mol. The van der Waals surface area contributed by atoms with Gasteiger partial charge in [-0.05, 0) is 56.6 Å². The van der Waals surface area contributed by atoms with E-state index < -0.39 is 0 Å². The van der Waals surface area contributed by atoms with Gasteiger partial charge in [0.05, 0.1) is 0 Å². The molecule has 0 spiro atoms. The molecule has 0 heterocycles. The first-order valence-corrected chi connectivity index (χ1v) is 8.08. The zero-order chi connectivity index (χ0) is 15.0. The zero-order valence-corrected chi connectivity index (χ0v) is 14.1. The number of hydrogen-bond acceptors (Lipinski definition) is 2. The van der Waals surface area contributed by atoms with E-state index in [0.717, 1.165) is 43.4 Å². The van der Waals surface area contributed by atoms with E-state index in [4.69, 9.17) is 11.6 Å². The third-order valence-electron chi connectivity index (χ3n) is 3.39. The molecule has 0 aromatic heterocycles. The minimum absolute atomic E-state index is 0.418. The maximum absolute atomic E-state index is 5.98. The van der Waals surface area contributed by atoms with Crippen LogP contribution < -0.4 is 5.32 Å². The molecule has 0 aliphatic rings.